The van der Waals surface area contributed by atoms with Crippen molar-refractivity contribution in [1.29, 1.82) is 0 Å². The molecule has 148 valence electrons. The number of hydrogen-bond donors (Lipinski definition) is 1. The van der Waals surface area contributed by atoms with Gasteiger partial charge in [0.05, 0.1) is 23.9 Å². The molecule has 3 heterocycles. The van der Waals surface area contributed by atoms with E-state index in [0.717, 1.165) is 17.8 Å². The minimum atomic E-state index is -1.38. The summed E-state index contributed by atoms with van der Waals surface area (Å²) in [4.78, 5) is 20.9. The average molecular weight is 381 g/mol. The van der Waals surface area contributed by atoms with Crippen LogP contribution in [0.5, 0.6) is 0 Å². The van der Waals surface area contributed by atoms with Crippen LogP contribution in [0.3, 0.4) is 0 Å². The summed E-state index contributed by atoms with van der Waals surface area (Å²) in [6.45, 7) is 6.19. The van der Waals surface area contributed by atoms with E-state index in [0.29, 0.717) is 12.3 Å². The number of hydrogen-bond acceptors (Lipinski definition) is 5. The molecule has 2 aliphatic rings. The zero-order valence-corrected chi connectivity index (χ0v) is 16.5. The van der Waals surface area contributed by atoms with Gasteiger partial charge in [0.15, 0.2) is 5.60 Å². The number of esters is 1. The number of ether oxygens (including phenoxy) is 1. The third kappa shape index (κ3) is 3.05. The molecule has 1 saturated heterocycles. The zero-order valence-electron chi connectivity index (χ0n) is 16.5. The van der Waals surface area contributed by atoms with E-state index < -0.39 is 11.6 Å². The summed E-state index contributed by atoms with van der Waals surface area (Å²) in [6.07, 6.45) is 12.5. The van der Waals surface area contributed by atoms with Crippen LogP contribution in [0.1, 0.15) is 39.3 Å². The second-order valence-electron chi connectivity index (χ2n) is 8.16. The smallest absolute Gasteiger partial charge is 0.338 e. The van der Waals surface area contributed by atoms with E-state index in [-0.39, 0.29) is 23.9 Å². The highest BCUT2D eigenvalue weighted by molar-refractivity contribution is 5.82. The third-order valence-electron chi connectivity index (χ3n) is 6.51. The lowest BCUT2D eigenvalue weighted by Crippen LogP contribution is -2.53. The van der Waals surface area contributed by atoms with Gasteiger partial charge in [-0.25, -0.2) is 9.78 Å². The fourth-order valence-electron chi connectivity index (χ4n) is 5.21. The normalized spacial score (nSPS) is 35.1. The van der Waals surface area contributed by atoms with E-state index >= 15 is 0 Å². The van der Waals surface area contributed by atoms with Crippen molar-refractivity contribution in [3.63, 3.8) is 0 Å². The molecule has 1 saturated carbocycles. The van der Waals surface area contributed by atoms with Crippen molar-refractivity contribution in [2.45, 2.75) is 45.3 Å². The van der Waals surface area contributed by atoms with Gasteiger partial charge < -0.3 is 14.4 Å². The van der Waals surface area contributed by atoms with Crippen LogP contribution in [0.4, 0.5) is 0 Å². The zero-order chi connectivity index (χ0) is 19.9. The largest absolute Gasteiger partial charge is 0.460 e. The van der Waals surface area contributed by atoms with Crippen molar-refractivity contribution in [3.05, 3.63) is 48.8 Å². The second kappa shape index (κ2) is 7.17. The number of rotatable bonds is 4. The first-order chi connectivity index (χ1) is 13.4. The highest BCUT2D eigenvalue weighted by Crippen LogP contribution is 2.52. The Morgan fingerprint density at radius 3 is 2.86 bits per heavy atom. The Kier molecular flexibility index (Phi) is 4.83. The summed E-state index contributed by atoms with van der Waals surface area (Å²) in [6, 6.07) is 3.96. The van der Waals surface area contributed by atoms with Gasteiger partial charge in [0, 0.05) is 18.3 Å². The summed E-state index contributed by atoms with van der Waals surface area (Å²) < 4.78 is 7.35. The number of aromatic nitrogens is 3. The standard InChI is InChI=1S/C22H27N3O3/c1-4-18-14(2)11-22(27)20(15(3)28-21(22)26)19(18)8-6-16-5-7-17(12-24-16)25-10-9-23-13-25/h5-10,12-15,18-20,27H,4,11H2,1-3H3/t14-,15+,18+,19-,20-,22-/m0/s1. The van der Waals surface area contributed by atoms with Crippen LogP contribution in [-0.4, -0.2) is 37.3 Å². The molecule has 28 heavy (non-hydrogen) atoms. The molecule has 0 spiro atoms. The Morgan fingerprint density at radius 2 is 2.21 bits per heavy atom. The Hall–Kier alpha value is -2.47. The van der Waals surface area contributed by atoms with Gasteiger partial charge in [-0.05, 0) is 49.3 Å². The molecule has 4 rings (SSSR count). The van der Waals surface area contributed by atoms with Gasteiger partial charge in [-0.15, -0.1) is 0 Å². The SMILES string of the molecule is CC[C@H]1[C@H](C=Cc2ccc(-n3ccnc3)cn2)[C@@H]2[C@@H](C)OC(=O)[C@]2(O)C[C@@H]1C. The number of imidazole rings is 1. The van der Waals surface area contributed by atoms with E-state index in [1.165, 1.54) is 0 Å². The van der Waals surface area contributed by atoms with Gasteiger partial charge in [-0.3, -0.25) is 4.98 Å². The van der Waals surface area contributed by atoms with Crippen LogP contribution in [0.2, 0.25) is 0 Å². The number of pyridine rings is 1. The van der Waals surface area contributed by atoms with E-state index in [9.17, 15) is 9.90 Å². The monoisotopic (exact) mass is 381 g/mol. The Morgan fingerprint density at radius 1 is 1.39 bits per heavy atom. The van der Waals surface area contributed by atoms with Crippen molar-refractivity contribution in [1.82, 2.24) is 14.5 Å². The molecule has 6 atom stereocenters. The molecule has 1 N–H and O–H groups in total. The topological polar surface area (TPSA) is 77.2 Å². The van der Waals surface area contributed by atoms with Crippen molar-refractivity contribution in [2.75, 3.05) is 0 Å². The molecule has 1 aliphatic heterocycles. The molecule has 2 aromatic heterocycles. The predicted octanol–water partition coefficient (Wildman–Crippen LogP) is 3.26. The lowest BCUT2D eigenvalue weighted by molar-refractivity contribution is -0.160. The van der Waals surface area contributed by atoms with Crippen molar-refractivity contribution >= 4 is 12.0 Å². The van der Waals surface area contributed by atoms with Crippen molar-refractivity contribution < 1.29 is 14.6 Å². The van der Waals surface area contributed by atoms with Gasteiger partial charge in [-0.2, -0.15) is 0 Å². The quantitative estimate of drug-likeness (QED) is 0.823. The first-order valence-electron chi connectivity index (χ1n) is 10.00. The molecule has 2 aromatic rings. The van der Waals surface area contributed by atoms with E-state index in [1.807, 2.05) is 42.1 Å². The number of nitrogens with zero attached hydrogens (tertiary/aromatic N) is 3. The molecule has 0 radical (unpaired) electrons. The molecule has 1 aliphatic carbocycles. The summed E-state index contributed by atoms with van der Waals surface area (Å²) in [5.74, 6) is 0.0181. The van der Waals surface area contributed by atoms with Gasteiger partial charge in [-0.1, -0.05) is 26.3 Å². The number of fused-ring (bicyclic) bond motifs is 1. The Balaban J connectivity index is 1.61. The van der Waals surface area contributed by atoms with Crippen LogP contribution in [0.25, 0.3) is 11.8 Å². The third-order valence-corrected chi connectivity index (χ3v) is 6.51. The van der Waals surface area contributed by atoms with E-state index in [4.69, 9.17) is 4.74 Å². The maximum Gasteiger partial charge on any atom is 0.338 e. The van der Waals surface area contributed by atoms with Crippen LogP contribution in [0.15, 0.2) is 43.1 Å². The maximum absolute atomic E-state index is 12.3. The van der Waals surface area contributed by atoms with Gasteiger partial charge >= 0.3 is 5.97 Å². The molecule has 6 heteroatoms. The van der Waals surface area contributed by atoms with Crippen LogP contribution in [0, 0.1) is 23.7 Å². The molecule has 0 aromatic carbocycles. The maximum atomic E-state index is 12.3. The van der Waals surface area contributed by atoms with E-state index in [2.05, 4.69) is 29.9 Å². The van der Waals surface area contributed by atoms with Gasteiger partial charge in [0.25, 0.3) is 0 Å². The van der Waals surface area contributed by atoms with Crippen LogP contribution in [-0.2, 0) is 9.53 Å². The summed E-state index contributed by atoms with van der Waals surface area (Å²) in [5.41, 5.74) is 0.418. The first-order valence-corrected chi connectivity index (χ1v) is 10.00. The van der Waals surface area contributed by atoms with Crippen LogP contribution < -0.4 is 0 Å². The highest BCUT2D eigenvalue weighted by Gasteiger charge is 2.62. The predicted molar refractivity (Wildman–Crippen MR) is 105 cm³/mol. The minimum Gasteiger partial charge on any atom is -0.460 e. The number of carbonyl (C=O) groups is 1. The molecular formula is C22H27N3O3. The fourth-order valence-corrected chi connectivity index (χ4v) is 5.21. The van der Waals surface area contributed by atoms with Gasteiger partial charge in [0.2, 0.25) is 0 Å². The molecule has 0 unspecified atom stereocenters. The summed E-state index contributed by atoms with van der Waals surface area (Å²) in [5, 5.41) is 11.1. The first kappa shape index (κ1) is 18.9. The minimum absolute atomic E-state index is 0.0651. The fraction of sp³-hybridized carbons (Fsp3) is 0.500. The number of carbonyl (C=O) groups excluding carboxylic acids is 1. The highest BCUT2D eigenvalue weighted by atomic mass is 16.6. The lowest BCUT2D eigenvalue weighted by Gasteiger charge is -2.45. The summed E-state index contributed by atoms with van der Waals surface area (Å²) >= 11 is 0. The van der Waals surface area contributed by atoms with E-state index in [1.54, 1.807) is 12.5 Å². The number of allylic oxidation sites excluding steroid dienone is 1. The number of cyclic esters (lactones) is 1. The molecule has 6 nitrogen and oxygen atoms in total. The molecule has 0 bridgehead atoms. The summed E-state index contributed by atoms with van der Waals surface area (Å²) in [7, 11) is 0. The molecular weight excluding hydrogens is 354 g/mol. The lowest BCUT2D eigenvalue weighted by atomic mass is 9.59. The molecule has 0 amide bonds. The van der Waals surface area contributed by atoms with Gasteiger partial charge in [0.1, 0.15) is 6.10 Å². The number of aliphatic hydroxyl groups is 1. The van der Waals surface area contributed by atoms with Crippen LogP contribution >= 0.6 is 0 Å². The Bertz CT molecular complexity index is 862. The van der Waals surface area contributed by atoms with Crippen molar-refractivity contribution in [2.24, 2.45) is 23.7 Å². The Labute approximate surface area is 165 Å². The second-order valence-corrected chi connectivity index (χ2v) is 8.16. The van der Waals surface area contributed by atoms with Crippen molar-refractivity contribution in [3.8, 4) is 5.69 Å². The average Bonchev–Trinajstić information content (AvgIpc) is 3.27. The molecule has 2 fully saturated rings.